The summed E-state index contributed by atoms with van der Waals surface area (Å²) in [6.45, 7) is 0.419. The van der Waals surface area contributed by atoms with Gasteiger partial charge in [0.05, 0.1) is 11.4 Å². The molecule has 196 valence electrons. The van der Waals surface area contributed by atoms with E-state index in [2.05, 4.69) is 9.46 Å². The molecule has 0 unspecified atom stereocenters. The van der Waals surface area contributed by atoms with Gasteiger partial charge >= 0.3 is 12.2 Å². The van der Waals surface area contributed by atoms with Crippen molar-refractivity contribution in [1.29, 1.82) is 0 Å². The van der Waals surface area contributed by atoms with E-state index in [4.69, 9.17) is 10.8 Å². The summed E-state index contributed by atoms with van der Waals surface area (Å²) < 4.78 is 33.7. The molecule has 0 saturated heterocycles. The number of amides is 2. The average Bonchev–Trinajstić information content (AvgIpc) is 2.91. The highest BCUT2D eigenvalue weighted by molar-refractivity contribution is 7.92. The minimum atomic E-state index is -3.91. The van der Waals surface area contributed by atoms with Gasteiger partial charge in [-0.2, -0.15) is 0 Å². The van der Waals surface area contributed by atoms with Gasteiger partial charge in [0.2, 0.25) is 0 Å². The highest BCUT2D eigenvalue weighted by atomic mass is 32.2. The van der Waals surface area contributed by atoms with Gasteiger partial charge in [0.15, 0.2) is 6.73 Å². The Labute approximate surface area is 220 Å². The summed E-state index contributed by atoms with van der Waals surface area (Å²) in [5.74, 6) is 0. The lowest BCUT2D eigenvalue weighted by molar-refractivity contribution is 0.0548. The lowest BCUT2D eigenvalue weighted by Gasteiger charge is -2.26. The average molecular weight is 535 g/mol. The largest absolute Gasteiger partial charge is 0.507 e. The van der Waals surface area contributed by atoms with Crippen LogP contribution in [0.5, 0.6) is 0 Å². The second kappa shape index (κ2) is 11.5. The highest BCUT2D eigenvalue weighted by Gasteiger charge is 2.20. The standard InChI is InChI=1S/C27H26N4O6S/c28-26(32)31(18-20-7-6-16-30(17-20)19-37-27(33)34)23-14-12-22(13-15-23)29-38(35,36)25-11-5-4-10-24(25)21-8-2-1-3-9-21/h1-15,17,29H,16,18-19H2,(H2,28,32)(H,33,34). The second-order valence-corrected chi connectivity index (χ2v) is 10.0. The number of urea groups is 1. The molecule has 2 amide bonds. The fraction of sp³-hybridized carbons (Fsp3) is 0.111. The quantitative estimate of drug-likeness (QED) is 0.344. The molecule has 11 heteroatoms. The summed E-state index contributed by atoms with van der Waals surface area (Å²) in [5, 5.41) is 8.70. The van der Waals surface area contributed by atoms with Gasteiger partial charge in [-0.1, -0.05) is 60.7 Å². The molecule has 0 atom stereocenters. The van der Waals surface area contributed by atoms with Crippen LogP contribution in [0.2, 0.25) is 0 Å². The maximum Gasteiger partial charge on any atom is 0.507 e. The first-order valence-corrected chi connectivity index (χ1v) is 13.0. The number of ether oxygens (including phenoxy) is 1. The molecule has 0 aliphatic carbocycles. The monoisotopic (exact) mass is 534 g/mol. The van der Waals surface area contributed by atoms with E-state index in [1.165, 1.54) is 4.90 Å². The zero-order valence-electron chi connectivity index (χ0n) is 20.2. The second-order valence-electron chi connectivity index (χ2n) is 8.36. The van der Waals surface area contributed by atoms with E-state index in [0.717, 1.165) is 5.56 Å². The van der Waals surface area contributed by atoms with Gasteiger partial charge in [-0.3, -0.25) is 9.62 Å². The molecule has 10 nitrogen and oxygen atoms in total. The van der Waals surface area contributed by atoms with E-state index >= 15 is 0 Å². The van der Waals surface area contributed by atoms with Crippen molar-refractivity contribution in [1.82, 2.24) is 4.90 Å². The fourth-order valence-electron chi connectivity index (χ4n) is 3.95. The molecular formula is C27H26N4O6S. The molecule has 38 heavy (non-hydrogen) atoms. The zero-order valence-corrected chi connectivity index (χ0v) is 21.0. The Morgan fingerprint density at radius 2 is 1.68 bits per heavy atom. The molecule has 0 radical (unpaired) electrons. The number of nitrogens with zero attached hydrogens (tertiary/aromatic N) is 2. The molecule has 0 saturated carbocycles. The maximum absolute atomic E-state index is 13.2. The van der Waals surface area contributed by atoms with E-state index in [9.17, 15) is 18.0 Å². The smallest absolute Gasteiger partial charge is 0.450 e. The van der Waals surface area contributed by atoms with Crippen LogP contribution in [0.3, 0.4) is 0 Å². The Balaban J connectivity index is 1.51. The molecular weight excluding hydrogens is 508 g/mol. The van der Waals surface area contributed by atoms with E-state index in [1.807, 2.05) is 36.4 Å². The van der Waals surface area contributed by atoms with Crippen LogP contribution in [0, 0.1) is 0 Å². The number of benzene rings is 3. The van der Waals surface area contributed by atoms with Crippen molar-refractivity contribution in [3.63, 3.8) is 0 Å². The third-order valence-corrected chi connectivity index (χ3v) is 7.11. The molecule has 0 aromatic heterocycles. The van der Waals surface area contributed by atoms with Crippen molar-refractivity contribution in [2.75, 3.05) is 29.4 Å². The summed E-state index contributed by atoms with van der Waals surface area (Å²) in [5.41, 5.74) is 8.44. The van der Waals surface area contributed by atoms with Gasteiger partial charge in [0.1, 0.15) is 0 Å². The molecule has 0 spiro atoms. The van der Waals surface area contributed by atoms with Crippen LogP contribution in [0.15, 0.2) is 108 Å². The number of rotatable bonds is 9. The SMILES string of the molecule is NC(=O)N(CC1=CN(COC(=O)O)CC=C1)c1ccc(NS(=O)(=O)c2ccccc2-c2ccccc2)cc1. The highest BCUT2D eigenvalue weighted by Crippen LogP contribution is 2.29. The van der Waals surface area contributed by atoms with E-state index in [-0.39, 0.29) is 18.2 Å². The van der Waals surface area contributed by atoms with Crippen LogP contribution in [0.4, 0.5) is 21.0 Å². The van der Waals surface area contributed by atoms with Gasteiger partial charge in [0, 0.05) is 29.7 Å². The number of primary amides is 1. The lowest BCUT2D eigenvalue weighted by atomic mass is 10.1. The number of carbonyl (C=O) groups is 2. The number of carbonyl (C=O) groups excluding carboxylic acids is 1. The van der Waals surface area contributed by atoms with Crippen LogP contribution >= 0.6 is 0 Å². The van der Waals surface area contributed by atoms with Crippen LogP contribution in [-0.4, -0.2) is 50.4 Å². The number of carboxylic acid groups (broad SMARTS) is 1. The van der Waals surface area contributed by atoms with Gasteiger partial charge in [0.25, 0.3) is 10.0 Å². The molecule has 3 aromatic rings. The van der Waals surface area contributed by atoms with Gasteiger partial charge < -0.3 is 20.5 Å². The van der Waals surface area contributed by atoms with E-state index in [0.29, 0.717) is 29.1 Å². The van der Waals surface area contributed by atoms with Crippen LogP contribution < -0.4 is 15.4 Å². The first-order valence-electron chi connectivity index (χ1n) is 11.5. The number of hydrogen-bond acceptors (Lipinski definition) is 6. The molecule has 1 aliphatic rings. The molecule has 3 aromatic carbocycles. The number of nitrogens with two attached hydrogens (primary N) is 1. The predicted molar refractivity (Wildman–Crippen MR) is 144 cm³/mol. The Morgan fingerprint density at radius 3 is 2.37 bits per heavy atom. The number of hydrogen-bond donors (Lipinski definition) is 3. The topological polar surface area (TPSA) is 142 Å². The van der Waals surface area contributed by atoms with Crippen LogP contribution in [0.1, 0.15) is 0 Å². The van der Waals surface area contributed by atoms with E-state index in [1.54, 1.807) is 65.7 Å². The predicted octanol–water partition coefficient (Wildman–Crippen LogP) is 4.45. The third kappa shape index (κ3) is 6.51. The molecule has 4 rings (SSSR count). The summed E-state index contributed by atoms with van der Waals surface area (Å²) in [6.07, 6.45) is 3.92. The summed E-state index contributed by atoms with van der Waals surface area (Å²) in [7, 11) is -3.91. The van der Waals surface area contributed by atoms with Crippen molar-refractivity contribution < 1.29 is 27.9 Å². The van der Waals surface area contributed by atoms with Gasteiger partial charge in [-0.15, -0.1) is 0 Å². The number of anilines is 2. The number of nitrogens with one attached hydrogen (secondary N) is 1. The Hall–Kier alpha value is -4.77. The summed E-state index contributed by atoms with van der Waals surface area (Å²) in [4.78, 5) is 26.0. The Kier molecular flexibility index (Phi) is 7.97. The van der Waals surface area contributed by atoms with Gasteiger partial charge in [-0.25, -0.2) is 18.0 Å². The maximum atomic E-state index is 13.2. The van der Waals surface area contributed by atoms with Crippen molar-refractivity contribution in [3.8, 4) is 11.1 Å². The van der Waals surface area contributed by atoms with Crippen molar-refractivity contribution in [2.45, 2.75) is 4.90 Å². The summed E-state index contributed by atoms with van der Waals surface area (Å²) >= 11 is 0. The number of sulfonamides is 1. The fourth-order valence-corrected chi connectivity index (χ4v) is 5.24. The third-order valence-electron chi connectivity index (χ3n) is 5.67. The van der Waals surface area contributed by atoms with Crippen molar-refractivity contribution >= 4 is 33.6 Å². The van der Waals surface area contributed by atoms with E-state index < -0.39 is 22.2 Å². The minimum Gasteiger partial charge on any atom is -0.450 e. The minimum absolute atomic E-state index is 0.116. The zero-order chi connectivity index (χ0) is 27.1. The van der Waals surface area contributed by atoms with Gasteiger partial charge in [-0.05, 0) is 41.5 Å². The molecule has 1 heterocycles. The first kappa shape index (κ1) is 26.3. The van der Waals surface area contributed by atoms with Crippen molar-refractivity contribution in [2.24, 2.45) is 5.73 Å². The molecule has 0 bridgehead atoms. The normalized spacial score (nSPS) is 12.9. The molecule has 0 fully saturated rings. The van der Waals surface area contributed by atoms with Crippen LogP contribution in [-0.2, 0) is 14.8 Å². The first-order chi connectivity index (χ1) is 18.2. The Morgan fingerprint density at radius 1 is 1.00 bits per heavy atom. The van der Waals surface area contributed by atoms with Crippen molar-refractivity contribution in [3.05, 3.63) is 103 Å². The van der Waals surface area contributed by atoms with Crippen LogP contribution in [0.25, 0.3) is 11.1 Å². The summed E-state index contributed by atoms with van der Waals surface area (Å²) in [6, 6.07) is 21.5. The lowest BCUT2D eigenvalue weighted by Crippen LogP contribution is -2.38. The molecule has 4 N–H and O–H groups in total. The Bertz CT molecular complexity index is 1470. The molecule has 1 aliphatic heterocycles.